The Morgan fingerprint density at radius 1 is 0.667 bits per heavy atom. The van der Waals surface area contributed by atoms with Crippen LogP contribution in [0.25, 0.3) is 0 Å². The molecule has 4 nitrogen and oxygen atoms in total. The molecule has 0 aliphatic carbocycles. The fourth-order valence-corrected chi connectivity index (χ4v) is 0. The summed E-state index contributed by atoms with van der Waals surface area (Å²) in [7, 11) is -4.64. The summed E-state index contributed by atoms with van der Waals surface area (Å²) in [5.41, 5.74) is 0. The molecule has 0 saturated carbocycles. The Balaban J connectivity index is -0.00000000381. The molecule has 0 aliphatic rings. The zero-order valence-electron chi connectivity index (χ0n) is 4.65. The molecule has 0 unspecified atom stereocenters. The van der Waals surface area contributed by atoms with Crippen molar-refractivity contribution in [1.29, 1.82) is 0 Å². The second-order valence-electron chi connectivity index (χ2n) is 0.513. The van der Waals surface area contributed by atoms with E-state index in [1.54, 1.807) is 0 Å². The number of phosphoric acid groups is 1. The standard InChI is InChI=1S/6FH.Li.H3O4P.H/c;;;;;;;1-5(2,3)4;/h6*1H;;(H3,1,2,3,4);. The molecule has 12 heavy (non-hydrogen) atoms. The van der Waals surface area contributed by atoms with Crippen LogP contribution in [0.2, 0.25) is 0 Å². The predicted octanol–water partition coefficient (Wildman–Crippen LogP) is -0.662. The zero-order chi connectivity index (χ0) is 4.50. The zero-order valence-corrected chi connectivity index (χ0v) is 5.54. The van der Waals surface area contributed by atoms with Crippen molar-refractivity contribution in [2.24, 2.45) is 0 Å². The van der Waals surface area contributed by atoms with Gasteiger partial charge in [0.2, 0.25) is 0 Å². The summed E-state index contributed by atoms with van der Waals surface area (Å²) < 4.78 is 8.88. The van der Waals surface area contributed by atoms with Crippen molar-refractivity contribution in [3.05, 3.63) is 0 Å². The molecule has 0 aromatic carbocycles. The van der Waals surface area contributed by atoms with Crippen LogP contribution in [-0.4, -0.2) is 33.5 Å². The fraction of sp³-hybridized carbons (Fsp3) is 0. The van der Waals surface area contributed by atoms with E-state index in [1.807, 2.05) is 0 Å². The maximum absolute atomic E-state index is 8.88. The SMILES string of the molecule is F.F.F.F.F.F.O=P(O)(O)O.[LiH]. The summed E-state index contributed by atoms with van der Waals surface area (Å²) in [5, 5.41) is 0. The Morgan fingerprint density at radius 3 is 0.667 bits per heavy atom. The molecular weight excluding hydrogens is 216 g/mol. The van der Waals surface area contributed by atoms with Crippen molar-refractivity contribution in [2.75, 3.05) is 0 Å². The van der Waals surface area contributed by atoms with E-state index in [4.69, 9.17) is 19.2 Å². The summed E-state index contributed by atoms with van der Waals surface area (Å²) in [5.74, 6) is 0. The Morgan fingerprint density at radius 2 is 0.667 bits per heavy atom. The first-order chi connectivity index (χ1) is 2.00. The summed E-state index contributed by atoms with van der Waals surface area (Å²) in [6.45, 7) is 0. The van der Waals surface area contributed by atoms with Crippen molar-refractivity contribution < 1.29 is 47.5 Å². The van der Waals surface area contributed by atoms with Crippen LogP contribution in [0.4, 0.5) is 28.2 Å². The minimum atomic E-state index is -4.64. The van der Waals surface area contributed by atoms with Gasteiger partial charge in [-0.1, -0.05) is 0 Å². The summed E-state index contributed by atoms with van der Waals surface area (Å²) in [6.07, 6.45) is 0. The Labute approximate surface area is 75.0 Å². The van der Waals surface area contributed by atoms with E-state index >= 15 is 0 Å². The molecule has 0 spiro atoms. The normalized spacial score (nSPS) is 4.92. The Kier molecular flexibility index (Phi) is 214. The summed E-state index contributed by atoms with van der Waals surface area (Å²) in [4.78, 5) is 21.6. The van der Waals surface area contributed by atoms with E-state index in [0.717, 1.165) is 0 Å². The van der Waals surface area contributed by atoms with Gasteiger partial charge in [0.25, 0.3) is 0 Å². The number of hydrogen-bond acceptors (Lipinski definition) is 1. The molecule has 0 radical (unpaired) electrons. The van der Waals surface area contributed by atoms with Crippen LogP contribution in [0.15, 0.2) is 0 Å². The molecule has 0 amide bonds. The van der Waals surface area contributed by atoms with Gasteiger partial charge in [0.15, 0.2) is 0 Å². The van der Waals surface area contributed by atoms with Gasteiger partial charge in [-0.2, -0.15) is 0 Å². The van der Waals surface area contributed by atoms with Crippen LogP contribution < -0.4 is 0 Å². The molecule has 0 aliphatic heterocycles. The first-order valence-corrected chi connectivity index (χ1v) is 2.35. The van der Waals surface area contributed by atoms with Gasteiger partial charge in [-0.05, 0) is 0 Å². The van der Waals surface area contributed by atoms with Crippen molar-refractivity contribution >= 4 is 26.7 Å². The quantitative estimate of drug-likeness (QED) is 0.291. The third-order valence-corrected chi connectivity index (χ3v) is 0. The first-order valence-electron chi connectivity index (χ1n) is 0.783. The van der Waals surface area contributed by atoms with Gasteiger partial charge >= 0.3 is 26.7 Å². The third-order valence-electron chi connectivity index (χ3n) is 0. The Hall–Kier alpha value is 0.287. The van der Waals surface area contributed by atoms with Gasteiger partial charge < -0.3 is 14.7 Å². The molecule has 82 valence electrons. The van der Waals surface area contributed by atoms with Gasteiger partial charge in [-0.15, -0.1) is 0 Å². The maximum atomic E-state index is 8.88. The van der Waals surface area contributed by atoms with E-state index in [-0.39, 0.29) is 47.1 Å². The van der Waals surface area contributed by atoms with Gasteiger partial charge in [0, 0.05) is 0 Å². The second-order valence-corrected chi connectivity index (χ2v) is 1.54. The summed E-state index contributed by atoms with van der Waals surface area (Å²) in [6, 6.07) is 0. The Bertz CT molecular complexity index is 65.7. The van der Waals surface area contributed by atoms with Gasteiger partial charge in [0.1, 0.15) is 0 Å². The molecule has 0 heterocycles. The monoisotopic (exact) mass is 226 g/mol. The number of halogens is 6. The van der Waals surface area contributed by atoms with Crippen LogP contribution in [0.5, 0.6) is 0 Å². The molecule has 0 rings (SSSR count). The molecule has 12 heteroatoms. The third kappa shape index (κ3) is 10700. The van der Waals surface area contributed by atoms with Crippen LogP contribution in [-0.2, 0) is 4.57 Å². The van der Waals surface area contributed by atoms with E-state index in [1.165, 1.54) is 0 Å². The van der Waals surface area contributed by atoms with Crippen LogP contribution in [0, 0.1) is 0 Å². The number of rotatable bonds is 0. The number of hydrogen-bond donors (Lipinski definition) is 3. The van der Waals surface area contributed by atoms with Crippen molar-refractivity contribution in [2.45, 2.75) is 0 Å². The van der Waals surface area contributed by atoms with E-state index in [9.17, 15) is 0 Å². The van der Waals surface area contributed by atoms with E-state index in [0.29, 0.717) is 0 Å². The molecular formula is H10F6LiO4P. The van der Waals surface area contributed by atoms with Crippen LogP contribution in [0.1, 0.15) is 0 Å². The van der Waals surface area contributed by atoms with Gasteiger partial charge in [-0.25, -0.2) is 4.57 Å². The van der Waals surface area contributed by atoms with Crippen LogP contribution >= 0.6 is 7.82 Å². The first kappa shape index (κ1) is 85.2. The molecule has 0 atom stereocenters. The van der Waals surface area contributed by atoms with Crippen molar-refractivity contribution in [3.8, 4) is 0 Å². The van der Waals surface area contributed by atoms with Gasteiger partial charge in [0.05, 0.1) is 0 Å². The van der Waals surface area contributed by atoms with Crippen LogP contribution in [0.3, 0.4) is 0 Å². The predicted molar refractivity (Wildman–Crippen MR) is 36.4 cm³/mol. The molecule has 0 aromatic rings. The van der Waals surface area contributed by atoms with Gasteiger partial charge in [-0.3, -0.25) is 28.2 Å². The average molecular weight is 226 g/mol. The molecule has 3 N–H and O–H groups in total. The molecule has 0 saturated heterocycles. The van der Waals surface area contributed by atoms with Crippen molar-refractivity contribution in [1.82, 2.24) is 0 Å². The summed E-state index contributed by atoms with van der Waals surface area (Å²) >= 11 is 0. The minimum absolute atomic E-state index is 0. The molecule has 0 fully saturated rings. The van der Waals surface area contributed by atoms with Crippen molar-refractivity contribution in [3.63, 3.8) is 0 Å². The van der Waals surface area contributed by atoms with E-state index < -0.39 is 7.82 Å². The molecule has 0 bridgehead atoms. The average Bonchev–Trinajstić information content (AvgIpc) is 0.722. The second kappa shape index (κ2) is 30.2. The molecule has 0 aromatic heterocycles. The van der Waals surface area contributed by atoms with E-state index in [2.05, 4.69) is 0 Å². The fourth-order valence-electron chi connectivity index (χ4n) is 0. The topological polar surface area (TPSA) is 77.8 Å².